The molecule has 1 aliphatic carbocycles. The van der Waals surface area contributed by atoms with Crippen LogP contribution in [0.3, 0.4) is 0 Å². The van der Waals surface area contributed by atoms with Crippen molar-refractivity contribution in [3.63, 3.8) is 0 Å². The number of rotatable bonds is 12. The number of ether oxygens (including phenoxy) is 6. The predicted molar refractivity (Wildman–Crippen MR) is 108 cm³/mol. The van der Waals surface area contributed by atoms with Crippen molar-refractivity contribution >= 4 is 11.8 Å². The summed E-state index contributed by atoms with van der Waals surface area (Å²) in [5.74, 6) is -1.20. The molecule has 31 heavy (non-hydrogen) atoms. The van der Waals surface area contributed by atoms with Gasteiger partial charge in [0.25, 0.3) is 0 Å². The number of Topliss-reactive ketones (excluding diaryl/α,β-unsaturated/α-hetero) is 1. The van der Waals surface area contributed by atoms with Crippen LogP contribution >= 0.6 is 0 Å². The van der Waals surface area contributed by atoms with E-state index in [1.54, 1.807) is 27.5 Å². The fourth-order valence-corrected chi connectivity index (χ4v) is 4.16. The molecule has 6 atom stereocenters. The Hall–Kier alpha value is -1.89. The molecule has 1 amide bonds. The lowest BCUT2D eigenvalue weighted by Gasteiger charge is -2.33. The molecule has 1 aromatic heterocycles. The highest BCUT2D eigenvalue weighted by atomic mass is 16.7. The smallest absolute Gasteiger partial charge is 0.329 e. The first-order valence-corrected chi connectivity index (χ1v) is 9.91. The van der Waals surface area contributed by atoms with E-state index in [9.17, 15) is 9.59 Å². The average Bonchev–Trinajstić information content (AvgIpc) is 3.39. The van der Waals surface area contributed by atoms with Crippen LogP contribution in [0.5, 0.6) is 0 Å². The van der Waals surface area contributed by atoms with Crippen molar-refractivity contribution in [2.24, 2.45) is 11.8 Å². The van der Waals surface area contributed by atoms with Crippen molar-refractivity contribution in [2.45, 2.75) is 31.3 Å². The Morgan fingerprint density at radius 3 is 1.94 bits per heavy atom. The zero-order valence-electron chi connectivity index (χ0n) is 18.9. The molecule has 1 aromatic rings. The minimum absolute atomic E-state index is 0.00287. The second-order valence-electron chi connectivity index (χ2n) is 7.40. The van der Waals surface area contributed by atoms with Gasteiger partial charge in [-0.3, -0.25) is 9.36 Å². The minimum Gasteiger partial charge on any atom is -0.376 e. The topological polar surface area (TPSA) is 111 Å². The number of nitrogens with zero attached hydrogens (tertiary/aromatic N) is 3. The van der Waals surface area contributed by atoms with Gasteiger partial charge in [0.05, 0.1) is 12.2 Å². The van der Waals surface area contributed by atoms with E-state index in [-0.39, 0.29) is 31.9 Å². The molecule has 2 unspecified atom stereocenters. The molecule has 0 N–H and O–H groups in total. The monoisotopic (exact) mass is 443 g/mol. The summed E-state index contributed by atoms with van der Waals surface area (Å²) in [6.07, 6.45) is 2.32. The lowest BCUT2D eigenvalue weighted by Crippen LogP contribution is -2.46. The average molecular weight is 443 g/mol. The molecule has 11 nitrogen and oxygen atoms in total. The van der Waals surface area contributed by atoms with E-state index in [1.165, 1.54) is 43.1 Å². The molecule has 1 fully saturated rings. The highest BCUT2D eigenvalue weighted by molar-refractivity contribution is 5.81. The summed E-state index contributed by atoms with van der Waals surface area (Å²) in [5, 5.41) is 0. The number of amides is 1. The van der Waals surface area contributed by atoms with Gasteiger partial charge < -0.3 is 33.3 Å². The number of carbonyl (C=O) groups is 2. The van der Waals surface area contributed by atoms with E-state index < -0.39 is 36.3 Å². The summed E-state index contributed by atoms with van der Waals surface area (Å²) >= 11 is 0. The highest BCUT2D eigenvalue weighted by Gasteiger charge is 2.56. The summed E-state index contributed by atoms with van der Waals surface area (Å²) in [4.78, 5) is 30.9. The second-order valence-corrected chi connectivity index (χ2v) is 7.40. The fraction of sp³-hybridized carbons (Fsp3) is 0.750. The Balaban J connectivity index is 2.37. The summed E-state index contributed by atoms with van der Waals surface area (Å²) < 4.78 is 34.8. The number of hydrogen-bond donors (Lipinski definition) is 0. The van der Waals surface area contributed by atoms with E-state index in [2.05, 4.69) is 4.98 Å². The molecule has 0 aliphatic heterocycles. The molecule has 0 saturated heterocycles. The zero-order chi connectivity index (χ0) is 23.0. The molecule has 0 spiro atoms. The van der Waals surface area contributed by atoms with Crippen molar-refractivity contribution in [3.8, 4) is 0 Å². The maximum absolute atomic E-state index is 12.8. The van der Waals surface area contributed by atoms with Gasteiger partial charge in [0.2, 0.25) is 0 Å². The molecule has 1 saturated carbocycles. The Morgan fingerprint density at radius 2 is 1.55 bits per heavy atom. The van der Waals surface area contributed by atoms with Gasteiger partial charge in [-0.25, -0.2) is 9.78 Å². The second kappa shape index (κ2) is 12.2. The lowest BCUT2D eigenvalue weighted by molar-refractivity contribution is -0.153. The number of ketones is 1. The number of hydrogen-bond acceptors (Lipinski definition) is 9. The normalized spacial score (nSPS) is 26.7. The van der Waals surface area contributed by atoms with Crippen molar-refractivity contribution in [1.29, 1.82) is 0 Å². The van der Waals surface area contributed by atoms with Crippen LogP contribution in [0.4, 0.5) is 4.79 Å². The van der Waals surface area contributed by atoms with E-state index in [0.717, 1.165) is 0 Å². The zero-order valence-corrected chi connectivity index (χ0v) is 18.9. The first-order valence-electron chi connectivity index (χ1n) is 9.91. The van der Waals surface area contributed by atoms with Crippen LogP contribution in [0.25, 0.3) is 0 Å². The van der Waals surface area contributed by atoms with Crippen molar-refractivity contribution < 1.29 is 38.0 Å². The maximum atomic E-state index is 12.8. The summed E-state index contributed by atoms with van der Waals surface area (Å²) in [6.45, 7) is 1.64. The standard InChI is InChI=1S/C20H33N3O8/c1-13(24)14(9-22(2)20(25)23-8-7-21-10-23)15-16(30-11-26-3)18(28-5)19(29-6)17(15)31-12-27-4/h7-8,10,14-19H,9,11-12H2,1-6H3/t14?,15?,16-,17+,18-,19+. The highest BCUT2D eigenvalue weighted by Crippen LogP contribution is 2.40. The van der Waals surface area contributed by atoms with Gasteiger partial charge in [0, 0.05) is 66.3 Å². The number of aromatic nitrogens is 2. The van der Waals surface area contributed by atoms with Crippen LogP contribution in [-0.2, 0) is 33.2 Å². The van der Waals surface area contributed by atoms with Gasteiger partial charge in [-0.2, -0.15) is 0 Å². The summed E-state index contributed by atoms with van der Waals surface area (Å²) in [7, 11) is 7.75. The van der Waals surface area contributed by atoms with Gasteiger partial charge in [0.15, 0.2) is 0 Å². The molecule has 0 aromatic carbocycles. The third kappa shape index (κ3) is 5.88. The van der Waals surface area contributed by atoms with Crippen LogP contribution in [0.2, 0.25) is 0 Å². The lowest BCUT2D eigenvalue weighted by atomic mass is 9.84. The Morgan fingerprint density at radius 1 is 1.00 bits per heavy atom. The van der Waals surface area contributed by atoms with E-state index in [0.29, 0.717) is 0 Å². The van der Waals surface area contributed by atoms with Crippen molar-refractivity contribution in [3.05, 3.63) is 18.7 Å². The Labute approximate surface area is 182 Å². The van der Waals surface area contributed by atoms with Gasteiger partial charge >= 0.3 is 6.03 Å². The Kier molecular flexibility index (Phi) is 10.0. The van der Waals surface area contributed by atoms with E-state index in [4.69, 9.17) is 28.4 Å². The van der Waals surface area contributed by atoms with Gasteiger partial charge in [0.1, 0.15) is 37.9 Å². The number of imidazole rings is 1. The Bertz CT molecular complexity index is 664. The molecule has 2 rings (SSSR count). The maximum Gasteiger partial charge on any atom is 0.329 e. The molecule has 0 radical (unpaired) electrons. The van der Waals surface area contributed by atoms with Crippen LogP contribution in [0, 0.1) is 11.8 Å². The first kappa shape index (κ1) is 25.4. The SMILES string of the molecule is COCO[C@@H]1C(C(CN(C)C(=O)n2ccnc2)C(C)=O)[C@H](OCOC)[C@H](OC)[C@@H]1OC. The molecular weight excluding hydrogens is 410 g/mol. The first-order chi connectivity index (χ1) is 14.9. The molecule has 11 heteroatoms. The largest absolute Gasteiger partial charge is 0.376 e. The van der Waals surface area contributed by atoms with Gasteiger partial charge in [-0.15, -0.1) is 0 Å². The summed E-state index contributed by atoms with van der Waals surface area (Å²) in [5.41, 5.74) is 0. The molecule has 0 bridgehead atoms. The van der Waals surface area contributed by atoms with Crippen LogP contribution < -0.4 is 0 Å². The molecule has 176 valence electrons. The molecule has 1 aliphatic rings. The van der Waals surface area contributed by atoms with Gasteiger partial charge in [-0.1, -0.05) is 0 Å². The molecule has 1 heterocycles. The van der Waals surface area contributed by atoms with Crippen molar-refractivity contribution in [2.75, 3.05) is 55.6 Å². The van der Waals surface area contributed by atoms with Crippen LogP contribution in [0.1, 0.15) is 6.92 Å². The quantitative estimate of drug-likeness (QED) is 0.429. The van der Waals surface area contributed by atoms with E-state index in [1.807, 2.05) is 0 Å². The number of carbonyl (C=O) groups excluding carboxylic acids is 2. The van der Waals surface area contributed by atoms with Crippen LogP contribution in [-0.4, -0.2) is 106 Å². The van der Waals surface area contributed by atoms with E-state index >= 15 is 0 Å². The third-order valence-corrected chi connectivity index (χ3v) is 5.54. The third-order valence-electron chi connectivity index (χ3n) is 5.54. The van der Waals surface area contributed by atoms with Crippen molar-refractivity contribution in [1.82, 2.24) is 14.5 Å². The van der Waals surface area contributed by atoms with Gasteiger partial charge in [-0.05, 0) is 6.92 Å². The minimum atomic E-state index is -0.612. The predicted octanol–water partition coefficient (Wildman–Crippen LogP) is 0.626. The fourth-order valence-electron chi connectivity index (χ4n) is 4.16. The van der Waals surface area contributed by atoms with Crippen LogP contribution in [0.15, 0.2) is 18.7 Å². The summed E-state index contributed by atoms with van der Waals surface area (Å²) in [6, 6.07) is -0.308. The molecular formula is C20H33N3O8. The number of methoxy groups -OCH3 is 4.